The van der Waals surface area contributed by atoms with E-state index in [0.29, 0.717) is 29.4 Å². The zero-order chi connectivity index (χ0) is 19.4. The Kier molecular flexibility index (Phi) is 5.95. The van der Waals surface area contributed by atoms with Crippen molar-refractivity contribution in [2.45, 2.75) is 33.2 Å². The molecule has 144 valence electrons. The molecule has 0 aliphatic carbocycles. The fourth-order valence-electron chi connectivity index (χ4n) is 2.97. The van der Waals surface area contributed by atoms with Gasteiger partial charge in [-0.2, -0.15) is 0 Å². The molecule has 7 nitrogen and oxygen atoms in total. The molecule has 1 aliphatic heterocycles. The monoisotopic (exact) mass is 390 g/mol. The second-order valence-electron chi connectivity index (χ2n) is 6.27. The van der Waals surface area contributed by atoms with Crippen LogP contribution in [0.1, 0.15) is 41.3 Å². The lowest BCUT2D eigenvalue weighted by atomic mass is 10.1. The summed E-state index contributed by atoms with van der Waals surface area (Å²) in [5, 5.41) is 3.30. The van der Waals surface area contributed by atoms with E-state index in [9.17, 15) is 14.4 Å². The number of hydrogen-bond donors (Lipinski definition) is 1. The average molecular weight is 390 g/mol. The Hall–Kier alpha value is -2.61. The highest BCUT2D eigenvalue weighted by atomic mass is 32.1. The number of nitrogens with one attached hydrogen (secondary N) is 1. The Morgan fingerprint density at radius 2 is 2.22 bits per heavy atom. The maximum Gasteiger partial charge on any atom is 0.341 e. The van der Waals surface area contributed by atoms with Gasteiger partial charge in [-0.25, -0.2) is 4.79 Å². The van der Waals surface area contributed by atoms with Gasteiger partial charge in [0.15, 0.2) is 0 Å². The van der Waals surface area contributed by atoms with Crippen molar-refractivity contribution in [1.82, 2.24) is 4.90 Å². The van der Waals surface area contributed by atoms with Gasteiger partial charge in [-0.05, 0) is 31.5 Å². The molecule has 2 aromatic rings. The Labute approximate surface area is 161 Å². The number of amides is 2. The van der Waals surface area contributed by atoms with E-state index in [1.165, 1.54) is 11.3 Å². The molecule has 0 bridgehead atoms. The first-order valence-corrected chi connectivity index (χ1v) is 9.74. The number of ether oxygens (including phenoxy) is 1. The summed E-state index contributed by atoms with van der Waals surface area (Å²) in [5.41, 5.74) is 0.365. The first kappa shape index (κ1) is 19.2. The zero-order valence-corrected chi connectivity index (χ0v) is 16.1. The highest BCUT2D eigenvalue weighted by molar-refractivity contribution is 7.16. The molecule has 0 saturated carbocycles. The normalized spacial score (nSPS) is 16.6. The van der Waals surface area contributed by atoms with Crippen LogP contribution in [0.5, 0.6) is 0 Å². The lowest BCUT2D eigenvalue weighted by Crippen LogP contribution is -2.28. The van der Waals surface area contributed by atoms with Crippen LogP contribution in [0.3, 0.4) is 0 Å². The Balaban J connectivity index is 1.68. The Morgan fingerprint density at radius 3 is 2.89 bits per heavy atom. The van der Waals surface area contributed by atoms with Crippen molar-refractivity contribution in [3.63, 3.8) is 0 Å². The zero-order valence-electron chi connectivity index (χ0n) is 15.3. The minimum absolute atomic E-state index is 0.0856. The molecule has 8 heteroatoms. The number of carbonyl (C=O) groups is 3. The number of thiophene rings is 1. The molecule has 1 N–H and O–H groups in total. The van der Waals surface area contributed by atoms with E-state index in [2.05, 4.69) is 5.32 Å². The predicted octanol–water partition coefficient (Wildman–Crippen LogP) is 3.07. The summed E-state index contributed by atoms with van der Waals surface area (Å²) < 4.78 is 10.3. The van der Waals surface area contributed by atoms with Crippen molar-refractivity contribution < 1.29 is 23.5 Å². The summed E-state index contributed by atoms with van der Waals surface area (Å²) in [4.78, 5) is 39.6. The molecule has 27 heavy (non-hydrogen) atoms. The molecule has 1 fully saturated rings. The molecular formula is C19H22N2O5S. The van der Waals surface area contributed by atoms with Crippen molar-refractivity contribution in [1.29, 1.82) is 0 Å². The summed E-state index contributed by atoms with van der Waals surface area (Å²) in [6.45, 7) is 4.66. The minimum Gasteiger partial charge on any atom is -0.467 e. The van der Waals surface area contributed by atoms with Crippen LogP contribution in [0.25, 0.3) is 0 Å². The van der Waals surface area contributed by atoms with Crippen LogP contribution in [0.15, 0.2) is 28.9 Å². The number of rotatable bonds is 7. The first-order chi connectivity index (χ1) is 13.0. The molecule has 1 unspecified atom stereocenters. The third kappa shape index (κ3) is 4.39. The number of hydrogen-bond acceptors (Lipinski definition) is 6. The fourth-order valence-corrected chi connectivity index (χ4v) is 3.96. The predicted molar refractivity (Wildman–Crippen MR) is 101 cm³/mol. The number of furan rings is 1. The first-order valence-electron chi connectivity index (χ1n) is 8.92. The van der Waals surface area contributed by atoms with E-state index in [0.717, 1.165) is 11.3 Å². The lowest BCUT2D eigenvalue weighted by molar-refractivity contribution is -0.128. The number of likely N-dealkylation sites (tertiary alicyclic amines) is 1. The quantitative estimate of drug-likeness (QED) is 0.734. The van der Waals surface area contributed by atoms with Crippen LogP contribution < -0.4 is 5.32 Å². The molecule has 2 aromatic heterocycles. The fraction of sp³-hybridized carbons (Fsp3) is 0.421. The summed E-state index contributed by atoms with van der Waals surface area (Å²) >= 11 is 1.36. The molecule has 0 radical (unpaired) electrons. The topological polar surface area (TPSA) is 88.8 Å². The van der Waals surface area contributed by atoms with Crippen LogP contribution in [0, 0.1) is 5.92 Å². The van der Waals surface area contributed by atoms with Gasteiger partial charge in [0.2, 0.25) is 11.8 Å². The maximum atomic E-state index is 12.7. The summed E-state index contributed by atoms with van der Waals surface area (Å²) in [6, 6.07) is 5.31. The molecule has 2 amide bonds. The molecule has 1 aliphatic rings. The second-order valence-corrected chi connectivity index (χ2v) is 7.41. The summed E-state index contributed by atoms with van der Waals surface area (Å²) in [5.74, 6) is -0.585. The van der Waals surface area contributed by atoms with E-state index in [1.807, 2.05) is 6.92 Å². The number of carbonyl (C=O) groups excluding carboxylic acids is 3. The Bertz CT molecular complexity index is 827. The third-order valence-corrected chi connectivity index (χ3v) is 5.57. The van der Waals surface area contributed by atoms with Gasteiger partial charge in [0.25, 0.3) is 0 Å². The number of aryl methyl sites for hydroxylation is 1. The van der Waals surface area contributed by atoms with E-state index in [-0.39, 0.29) is 24.8 Å². The highest BCUT2D eigenvalue weighted by Crippen LogP contribution is 2.31. The van der Waals surface area contributed by atoms with Crippen molar-refractivity contribution in [3.05, 3.63) is 40.7 Å². The van der Waals surface area contributed by atoms with Gasteiger partial charge in [-0.15, -0.1) is 11.3 Å². The number of anilines is 1. The molecule has 3 rings (SSSR count). The average Bonchev–Trinajstić information content (AvgIpc) is 3.36. The highest BCUT2D eigenvalue weighted by Gasteiger charge is 2.35. The van der Waals surface area contributed by atoms with Gasteiger partial charge in [-0.1, -0.05) is 6.92 Å². The van der Waals surface area contributed by atoms with Crippen LogP contribution in [-0.2, 0) is 27.3 Å². The maximum absolute atomic E-state index is 12.7. The summed E-state index contributed by atoms with van der Waals surface area (Å²) in [6.07, 6.45) is 2.46. The SMILES string of the molecule is CCOC(=O)c1cc(CC)sc1NC(=O)C1CC(=O)N(Cc2ccco2)C1. The van der Waals surface area contributed by atoms with E-state index < -0.39 is 11.9 Å². The summed E-state index contributed by atoms with van der Waals surface area (Å²) in [7, 11) is 0. The van der Waals surface area contributed by atoms with Gasteiger partial charge in [0, 0.05) is 17.8 Å². The molecule has 1 atom stereocenters. The van der Waals surface area contributed by atoms with Gasteiger partial charge in [0.1, 0.15) is 10.8 Å². The number of esters is 1. The van der Waals surface area contributed by atoms with Crippen molar-refractivity contribution in [2.24, 2.45) is 5.92 Å². The van der Waals surface area contributed by atoms with Gasteiger partial charge in [0.05, 0.1) is 30.9 Å². The van der Waals surface area contributed by atoms with Gasteiger partial charge < -0.3 is 19.4 Å². The lowest BCUT2D eigenvalue weighted by Gasteiger charge is -2.15. The van der Waals surface area contributed by atoms with E-state index in [1.54, 1.807) is 36.3 Å². The second kappa shape index (κ2) is 8.39. The largest absolute Gasteiger partial charge is 0.467 e. The van der Waals surface area contributed by atoms with Crippen LogP contribution in [0.2, 0.25) is 0 Å². The van der Waals surface area contributed by atoms with Crippen molar-refractivity contribution in [2.75, 3.05) is 18.5 Å². The standard InChI is InChI=1S/C19H22N2O5S/c1-3-14-9-15(19(24)25-4-2)18(27-14)20-17(23)12-8-16(22)21(10-12)11-13-6-5-7-26-13/h5-7,9,12H,3-4,8,10-11H2,1-2H3,(H,20,23). The van der Waals surface area contributed by atoms with Crippen LogP contribution in [-0.4, -0.2) is 35.8 Å². The Morgan fingerprint density at radius 1 is 1.41 bits per heavy atom. The third-order valence-electron chi connectivity index (χ3n) is 4.38. The van der Waals surface area contributed by atoms with Crippen LogP contribution >= 0.6 is 11.3 Å². The van der Waals surface area contributed by atoms with Gasteiger partial charge in [-0.3, -0.25) is 9.59 Å². The number of nitrogens with zero attached hydrogens (tertiary/aromatic N) is 1. The van der Waals surface area contributed by atoms with E-state index >= 15 is 0 Å². The molecule has 3 heterocycles. The van der Waals surface area contributed by atoms with Gasteiger partial charge >= 0.3 is 5.97 Å². The van der Waals surface area contributed by atoms with Crippen LogP contribution in [0.4, 0.5) is 5.00 Å². The smallest absolute Gasteiger partial charge is 0.341 e. The molecule has 0 aromatic carbocycles. The molecule has 0 spiro atoms. The van der Waals surface area contributed by atoms with E-state index in [4.69, 9.17) is 9.15 Å². The minimum atomic E-state index is -0.463. The van der Waals surface area contributed by atoms with Crippen molar-refractivity contribution >= 4 is 34.1 Å². The van der Waals surface area contributed by atoms with Crippen molar-refractivity contribution in [3.8, 4) is 0 Å². The molecular weight excluding hydrogens is 368 g/mol. The molecule has 1 saturated heterocycles.